The first-order valence-corrected chi connectivity index (χ1v) is 4.17. The predicted molar refractivity (Wildman–Crippen MR) is 47.5 cm³/mol. The molecule has 1 unspecified atom stereocenters. The fourth-order valence-corrected chi connectivity index (χ4v) is 1.02. The Bertz CT molecular complexity index is 339. The van der Waals surface area contributed by atoms with Crippen molar-refractivity contribution in [3.05, 3.63) is 0 Å². The van der Waals surface area contributed by atoms with Crippen LogP contribution in [0, 0.1) is 5.92 Å². The topological polar surface area (TPSA) is 68.1 Å². The van der Waals surface area contributed by atoms with Crippen molar-refractivity contribution in [2.75, 3.05) is 6.61 Å². The van der Waals surface area contributed by atoms with Gasteiger partial charge in [0.15, 0.2) is 0 Å². The Kier molecular flexibility index (Phi) is 3.59. The Morgan fingerprint density at radius 3 is 2.87 bits per heavy atom. The second-order valence-corrected chi connectivity index (χ2v) is 2.63. The lowest BCUT2D eigenvalue weighted by Gasteiger charge is -2.14. The third-order valence-electron chi connectivity index (χ3n) is 1.64. The van der Waals surface area contributed by atoms with Crippen molar-refractivity contribution in [1.29, 1.82) is 0 Å². The predicted octanol–water partition coefficient (Wildman–Crippen LogP) is 1.08. The zero-order valence-electron chi connectivity index (χ0n) is 7.81. The molecule has 7 heteroatoms. The summed E-state index contributed by atoms with van der Waals surface area (Å²) in [7, 11) is 0. The molecule has 0 aromatic carbocycles. The highest BCUT2D eigenvalue weighted by Gasteiger charge is 2.33. The van der Waals surface area contributed by atoms with Crippen LogP contribution < -0.4 is 0 Å². The van der Waals surface area contributed by atoms with Gasteiger partial charge in [-0.05, 0) is 6.92 Å². The summed E-state index contributed by atoms with van der Waals surface area (Å²) < 4.78 is 29.3. The molecule has 0 saturated heterocycles. The lowest BCUT2D eigenvalue weighted by molar-refractivity contribution is -0.143. The molecular weight excluding hydrogens is 210 g/mol. The van der Waals surface area contributed by atoms with Crippen LogP contribution in [0.3, 0.4) is 0 Å². The number of rotatable bonds is 3. The van der Waals surface area contributed by atoms with Crippen LogP contribution >= 0.6 is 0 Å². The summed E-state index contributed by atoms with van der Waals surface area (Å²) in [5, 5.41) is 0. The average molecular weight is 218 g/mol. The van der Waals surface area contributed by atoms with Crippen LogP contribution in [0.2, 0.25) is 0 Å². The number of hydrogen-bond acceptors (Lipinski definition) is 3. The normalized spacial score (nSPS) is 20.4. The lowest BCUT2D eigenvalue weighted by atomic mass is 10.0. The standard InChI is InChI=1S/C8H8F2N2O3/c1-2-15-7(13)4-3-11-8(14)12-5(4)6(9)10/h3-4,6H,2H2,1H3. The molecule has 15 heavy (non-hydrogen) atoms. The van der Waals surface area contributed by atoms with Crippen molar-refractivity contribution >= 4 is 23.9 Å². The summed E-state index contributed by atoms with van der Waals surface area (Å²) >= 11 is 0. The van der Waals surface area contributed by atoms with Gasteiger partial charge in [-0.15, -0.1) is 0 Å². The zero-order valence-corrected chi connectivity index (χ0v) is 7.81. The van der Waals surface area contributed by atoms with Crippen LogP contribution in [0.5, 0.6) is 0 Å². The first-order valence-electron chi connectivity index (χ1n) is 4.17. The summed E-state index contributed by atoms with van der Waals surface area (Å²) in [6, 6.07) is -1.04. The molecule has 1 atom stereocenters. The maximum atomic E-state index is 12.4. The molecule has 0 saturated carbocycles. The Labute approximate surface area is 83.8 Å². The Hall–Kier alpha value is -1.66. The van der Waals surface area contributed by atoms with Gasteiger partial charge in [-0.3, -0.25) is 4.79 Å². The number of hydrogen-bond donors (Lipinski definition) is 0. The summed E-state index contributed by atoms with van der Waals surface area (Å²) in [5.41, 5.74) is -0.812. The van der Waals surface area contributed by atoms with Crippen molar-refractivity contribution in [2.24, 2.45) is 15.9 Å². The van der Waals surface area contributed by atoms with E-state index < -0.39 is 30.1 Å². The van der Waals surface area contributed by atoms with Gasteiger partial charge in [-0.1, -0.05) is 0 Å². The van der Waals surface area contributed by atoms with Gasteiger partial charge in [0.2, 0.25) is 0 Å². The van der Waals surface area contributed by atoms with Crippen molar-refractivity contribution in [3.63, 3.8) is 0 Å². The summed E-state index contributed by atoms with van der Waals surface area (Å²) in [4.78, 5) is 28.0. The molecule has 0 bridgehead atoms. The second-order valence-electron chi connectivity index (χ2n) is 2.63. The van der Waals surface area contributed by atoms with E-state index in [9.17, 15) is 18.4 Å². The molecule has 1 heterocycles. The maximum absolute atomic E-state index is 12.4. The molecule has 0 fully saturated rings. The number of halogens is 2. The molecule has 2 amide bonds. The maximum Gasteiger partial charge on any atom is 0.366 e. The van der Waals surface area contributed by atoms with Crippen molar-refractivity contribution in [2.45, 2.75) is 13.3 Å². The molecule has 0 aliphatic carbocycles. The number of urea groups is 1. The number of aliphatic imine (C=N–C) groups is 2. The van der Waals surface area contributed by atoms with Gasteiger partial charge in [0.25, 0.3) is 6.43 Å². The van der Waals surface area contributed by atoms with Gasteiger partial charge in [-0.2, -0.15) is 4.99 Å². The van der Waals surface area contributed by atoms with E-state index in [1.165, 1.54) is 0 Å². The number of amides is 2. The monoisotopic (exact) mass is 218 g/mol. The van der Waals surface area contributed by atoms with Gasteiger partial charge < -0.3 is 4.74 Å². The fraction of sp³-hybridized carbons (Fsp3) is 0.500. The smallest absolute Gasteiger partial charge is 0.366 e. The van der Waals surface area contributed by atoms with E-state index in [1.807, 2.05) is 0 Å². The van der Waals surface area contributed by atoms with E-state index in [-0.39, 0.29) is 6.61 Å². The van der Waals surface area contributed by atoms with Gasteiger partial charge in [0.05, 0.1) is 6.61 Å². The van der Waals surface area contributed by atoms with E-state index in [0.717, 1.165) is 6.21 Å². The number of nitrogens with zero attached hydrogens (tertiary/aromatic N) is 2. The van der Waals surface area contributed by atoms with Crippen LogP contribution in [0.4, 0.5) is 13.6 Å². The Balaban J connectivity index is 2.88. The zero-order chi connectivity index (χ0) is 11.4. The van der Waals surface area contributed by atoms with E-state index in [0.29, 0.717) is 0 Å². The molecule has 0 aromatic heterocycles. The third-order valence-corrected chi connectivity index (χ3v) is 1.64. The van der Waals surface area contributed by atoms with Crippen LogP contribution in [0.15, 0.2) is 9.98 Å². The van der Waals surface area contributed by atoms with Crippen LogP contribution in [0.25, 0.3) is 0 Å². The average Bonchev–Trinajstić information content (AvgIpc) is 2.17. The molecule has 5 nitrogen and oxygen atoms in total. The van der Waals surface area contributed by atoms with Crippen molar-refractivity contribution < 1.29 is 23.1 Å². The highest BCUT2D eigenvalue weighted by atomic mass is 19.3. The van der Waals surface area contributed by atoms with E-state index in [1.54, 1.807) is 6.92 Å². The minimum atomic E-state index is -2.98. The number of carbonyl (C=O) groups excluding carboxylic acids is 2. The first kappa shape index (κ1) is 11.4. The molecule has 1 aliphatic rings. The van der Waals surface area contributed by atoms with Gasteiger partial charge in [0.1, 0.15) is 11.6 Å². The molecule has 1 rings (SSSR count). The van der Waals surface area contributed by atoms with Crippen LogP contribution in [-0.4, -0.2) is 37.0 Å². The summed E-state index contributed by atoms with van der Waals surface area (Å²) in [5.74, 6) is -2.24. The Morgan fingerprint density at radius 2 is 2.33 bits per heavy atom. The molecule has 0 radical (unpaired) electrons. The van der Waals surface area contributed by atoms with Crippen molar-refractivity contribution in [3.8, 4) is 0 Å². The first-order chi connectivity index (χ1) is 7.06. The SMILES string of the molecule is CCOC(=O)C1C=NC(=O)N=C1C(F)F. The highest BCUT2D eigenvalue weighted by molar-refractivity contribution is 6.21. The highest BCUT2D eigenvalue weighted by Crippen LogP contribution is 2.13. The number of esters is 1. The minimum absolute atomic E-state index is 0.0631. The molecule has 0 N–H and O–H groups in total. The fourth-order valence-electron chi connectivity index (χ4n) is 1.02. The molecule has 0 aromatic rings. The lowest BCUT2D eigenvalue weighted by Crippen LogP contribution is -2.34. The minimum Gasteiger partial charge on any atom is -0.465 e. The molecule has 1 aliphatic heterocycles. The summed E-state index contributed by atoms with van der Waals surface area (Å²) in [6.45, 7) is 1.61. The van der Waals surface area contributed by atoms with E-state index in [4.69, 9.17) is 0 Å². The van der Waals surface area contributed by atoms with E-state index in [2.05, 4.69) is 14.7 Å². The number of ether oxygens (including phenoxy) is 1. The quantitative estimate of drug-likeness (QED) is 0.665. The second kappa shape index (κ2) is 4.72. The number of carbonyl (C=O) groups is 2. The van der Waals surface area contributed by atoms with Crippen molar-refractivity contribution in [1.82, 2.24) is 0 Å². The molecule has 0 spiro atoms. The Morgan fingerprint density at radius 1 is 1.67 bits per heavy atom. The summed E-state index contributed by atoms with van der Waals surface area (Å²) in [6.07, 6.45) is -2.15. The number of alkyl halides is 2. The van der Waals surface area contributed by atoms with E-state index >= 15 is 0 Å². The van der Waals surface area contributed by atoms with Gasteiger partial charge >= 0.3 is 12.0 Å². The van der Waals surface area contributed by atoms with Crippen LogP contribution in [0.1, 0.15) is 6.92 Å². The van der Waals surface area contributed by atoms with Gasteiger partial charge in [0, 0.05) is 6.21 Å². The molecular formula is C8H8F2N2O3. The largest absolute Gasteiger partial charge is 0.465 e. The molecule has 82 valence electrons. The third kappa shape index (κ3) is 2.64. The van der Waals surface area contributed by atoms with Crippen LogP contribution in [-0.2, 0) is 9.53 Å². The van der Waals surface area contributed by atoms with Gasteiger partial charge in [-0.25, -0.2) is 18.6 Å².